The highest BCUT2D eigenvalue weighted by Crippen LogP contribution is 2.35. The van der Waals surface area contributed by atoms with Crippen LogP contribution in [0.25, 0.3) is 27.5 Å². The van der Waals surface area contributed by atoms with Crippen molar-refractivity contribution in [2.45, 2.75) is 19.3 Å². The first kappa shape index (κ1) is 15.2. The van der Waals surface area contributed by atoms with Gasteiger partial charge in [0.25, 0.3) is 0 Å². The SMILES string of the molecule is Cc1ccc(C2C=CC(n3c4ccccc4c4ccccc43)=CC2)cc1. The van der Waals surface area contributed by atoms with E-state index in [2.05, 4.69) is 103 Å². The lowest BCUT2D eigenvalue weighted by atomic mass is 9.91. The zero-order valence-electron chi connectivity index (χ0n) is 14.9. The van der Waals surface area contributed by atoms with Gasteiger partial charge in [-0.1, -0.05) is 78.4 Å². The van der Waals surface area contributed by atoms with Crippen molar-refractivity contribution in [1.82, 2.24) is 4.57 Å². The second-order valence-electron chi connectivity index (χ2n) is 7.11. The van der Waals surface area contributed by atoms with Gasteiger partial charge in [0.15, 0.2) is 0 Å². The lowest BCUT2D eigenvalue weighted by molar-refractivity contribution is 0.849. The molecule has 0 amide bonds. The van der Waals surface area contributed by atoms with E-state index in [1.54, 1.807) is 0 Å². The molecule has 1 heterocycles. The minimum absolute atomic E-state index is 0.465. The van der Waals surface area contributed by atoms with Crippen molar-refractivity contribution in [1.29, 1.82) is 0 Å². The third-order valence-electron chi connectivity index (χ3n) is 5.42. The van der Waals surface area contributed by atoms with Gasteiger partial charge in [0, 0.05) is 22.4 Å². The summed E-state index contributed by atoms with van der Waals surface area (Å²) in [6, 6.07) is 26.3. The molecule has 0 N–H and O–H groups in total. The number of para-hydroxylation sites is 2. The van der Waals surface area contributed by atoms with Crippen LogP contribution >= 0.6 is 0 Å². The highest BCUT2D eigenvalue weighted by molar-refractivity contribution is 6.10. The maximum Gasteiger partial charge on any atom is 0.0540 e. The van der Waals surface area contributed by atoms with Crippen molar-refractivity contribution in [3.8, 4) is 0 Å². The van der Waals surface area contributed by atoms with Gasteiger partial charge >= 0.3 is 0 Å². The van der Waals surface area contributed by atoms with Gasteiger partial charge in [-0.15, -0.1) is 0 Å². The van der Waals surface area contributed by atoms with E-state index in [0.717, 1.165) is 6.42 Å². The minimum atomic E-state index is 0.465. The average molecular weight is 335 g/mol. The molecule has 0 radical (unpaired) electrons. The quantitative estimate of drug-likeness (QED) is 0.385. The van der Waals surface area contributed by atoms with E-state index in [4.69, 9.17) is 0 Å². The smallest absolute Gasteiger partial charge is 0.0540 e. The van der Waals surface area contributed by atoms with Crippen LogP contribution in [0, 0.1) is 6.92 Å². The summed E-state index contributed by atoms with van der Waals surface area (Å²) < 4.78 is 2.40. The normalized spacial score (nSPS) is 17.0. The summed E-state index contributed by atoms with van der Waals surface area (Å²) in [7, 11) is 0. The van der Waals surface area contributed by atoms with E-state index >= 15 is 0 Å². The van der Waals surface area contributed by atoms with Crippen LogP contribution in [-0.2, 0) is 0 Å². The minimum Gasteiger partial charge on any atom is -0.310 e. The largest absolute Gasteiger partial charge is 0.310 e. The highest BCUT2D eigenvalue weighted by atomic mass is 15.0. The van der Waals surface area contributed by atoms with Crippen LogP contribution in [0.2, 0.25) is 0 Å². The Morgan fingerprint density at radius 1 is 0.769 bits per heavy atom. The predicted molar refractivity (Wildman–Crippen MR) is 111 cm³/mol. The molecule has 0 aliphatic heterocycles. The van der Waals surface area contributed by atoms with E-state index < -0.39 is 0 Å². The summed E-state index contributed by atoms with van der Waals surface area (Å²) >= 11 is 0. The first-order valence-corrected chi connectivity index (χ1v) is 9.25. The van der Waals surface area contributed by atoms with Crippen LogP contribution in [0.5, 0.6) is 0 Å². The first-order chi connectivity index (χ1) is 12.8. The van der Waals surface area contributed by atoms with Gasteiger partial charge in [0.2, 0.25) is 0 Å². The summed E-state index contributed by atoms with van der Waals surface area (Å²) in [6.07, 6.45) is 8.05. The summed E-state index contributed by atoms with van der Waals surface area (Å²) in [5.41, 5.74) is 6.53. The fourth-order valence-corrected chi connectivity index (χ4v) is 4.04. The Labute approximate surface area is 153 Å². The summed E-state index contributed by atoms with van der Waals surface area (Å²) in [5.74, 6) is 0.465. The topological polar surface area (TPSA) is 4.93 Å². The Morgan fingerprint density at radius 2 is 1.38 bits per heavy atom. The monoisotopic (exact) mass is 335 g/mol. The van der Waals surface area contributed by atoms with Gasteiger partial charge in [-0.25, -0.2) is 0 Å². The number of aryl methyl sites for hydroxylation is 1. The maximum absolute atomic E-state index is 2.40. The van der Waals surface area contributed by atoms with Crippen LogP contribution in [-0.4, -0.2) is 4.57 Å². The van der Waals surface area contributed by atoms with Crippen molar-refractivity contribution < 1.29 is 0 Å². The van der Waals surface area contributed by atoms with E-state index in [9.17, 15) is 0 Å². The van der Waals surface area contributed by atoms with Gasteiger partial charge in [-0.05, 0) is 37.1 Å². The molecule has 3 aromatic carbocycles. The summed E-state index contributed by atoms with van der Waals surface area (Å²) in [5, 5.41) is 2.64. The van der Waals surface area contributed by atoms with E-state index in [1.165, 1.54) is 38.6 Å². The maximum atomic E-state index is 2.40. The van der Waals surface area contributed by atoms with E-state index in [0.29, 0.717) is 5.92 Å². The molecule has 26 heavy (non-hydrogen) atoms. The molecule has 0 spiro atoms. The molecule has 0 saturated heterocycles. The number of fused-ring (bicyclic) bond motifs is 3. The van der Waals surface area contributed by atoms with Crippen LogP contribution in [0.3, 0.4) is 0 Å². The number of allylic oxidation sites excluding steroid dienone is 4. The Hall–Kier alpha value is -3.06. The van der Waals surface area contributed by atoms with Crippen LogP contribution < -0.4 is 0 Å². The number of rotatable bonds is 2. The molecule has 0 saturated carbocycles. The molecular weight excluding hydrogens is 314 g/mol. The van der Waals surface area contributed by atoms with Crippen molar-refractivity contribution in [3.05, 3.63) is 102 Å². The molecule has 1 aromatic heterocycles. The van der Waals surface area contributed by atoms with Crippen molar-refractivity contribution in [3.63, 3.8) is 0 Å². The molecular formula is C25H21N. The van der Waals surface area contributed by atoms with Crippen molar-refractivity contribution in [2.75, 3.05) is 0 Å². The molecule has 1 nitrogen and oxygen atoms in total. The zero-order valence-corrected chi connectivity index (χ0v) is 14.9. The Balaban J connectivity index is 1.59. The number of aromatic nitrogens is 1. The first-order valence-electron chi connectivity index (χ1n) is 9.25. The molecule has 1 heteroatoms. The zero-order chi connectivity index (χ0) is 17.5. The van der Waals surface area contributed by atoms with Gasteiger partial charge in [0.05, 0.1) is 11.0 Å². The fourth-order valence-electron chi connectivity index (χ4n) is 4.04. The van der Waals surface area contributed by atoms with Crippen molar-refractivity contribution >= 4 is 27.5 Å². The van der Waals surface area contributed by atoms with Gasteiger partial charge < -0.3 is 4.57 Å². The fraction of sp³-hybridized carbons (Fsp3) is 0.120. The second kappa shape index (κ2) is 6.03. The number of benzene rings is 3. The van der Waals surface area contributed by atoms with Crippen LogP contribution in [0.4, 0.5) is 0 Å². The van der Waals surface area contributed by atoms with Crippen LogP contribution in [0.15, 0.2) is 91.0 Å². The number of nitrogens with zero attached hydrogens (tertiary/aromatic N) is 1. The molecule has 0 bridgehead atoms. The predicted octanol–water partition coefficient (Wildman–Crippen LogP) is 6.69. The summed E-state index contributed by atoms with van der Waals surface area (Å²) in [4.78, 5) is 0. The third-order valence-corrected chi connectivity index (χ3v) is 5.42. The Kier molecular flexibility index (Phi) is 3.53. The Morgan fingerprint density at radius 3 is 1.96 bits per heavy atom. The highest BCUT2D eigenvalue weighted by Gasteiger charge is 2.16. The lowest BCUT2D eigenvalue weighted by Crippen LogP contribution is -2.02. The van der Waals surface area contributed by atoms with Gasteiger partial charge in [-0.3, -0.25) is 0 Å². The van der Waals surface area contributed by atoms with Gasteiger partial charge in [-0.2, -0.15) is 0 Å². The molecule has 4 aromatic rings. The molecule has 0 fully saturated rings. The second-order valence-corrected chi connectivity index (χ2v) is 7.11. The molecule has 1 aliphatic rings. The standard InChI is InChI=1S/C25H21N/c1-18-10-12-19(13-11-18)20-14-16-21(17-15-20)26-24-8-4-2-6-22(24)23-7-3-5-9-25(23)26/h2-14,16-17,20H,15H2,1H3. The molecule has 1 aliphatic carbocycles. The lowest BCUT2D eigenvalue weighted by Gasteiger charge is -2.18. The third kappa shape index (κ3) is 2.40. The summed E-state index contributed by atoms with van der Waals surface area (Å²) in [6.45, 7) is 2.14. The number of hydrogen-bond acceptors (Lipinski definition) is 0. The average Bonchev–Trinajstić information content (AvgIpc) is 3.03. The number of hydrogen-bond donors (Lipinski definition) is 0. The molecule has 5 rings (SSSR count). The van der Waals surface area contributed by atoms with Crippen LogP contribution in [0.1, 0.15) is 23.5 Å². The molecule has 126 valence electrons. The van der Waals surface area contributed by atoms with Gasteiger partial charge in [0.1, 0.15) is 0 Å². The molecule has 1 unspecified atom stereocenters. The van der Waals surface area contributed by atoms with E-state index in [1.807, 2.05) is 0 Å². The Bertz CT molecular complexity index is 1100. The van der Waals surface area contributed by atoms with E-state index in [-0.39, 0.29) is 0 Å². The van der Waals surface area contributed by atoms with Crippen molar-refractivity contribution in [2.24, 2.45) is 0 Å². The molecule has 1 atom stereocenters.